The molecule has 8 atom stereocenters. The number of ether oxygens (including phenoxy) is 2. The van der Waals surface area contributed by atoms with E-state index in [4.69, 9.17) is 9.47 Å². The molecule has 0 bridgehead atoms. The first kappa shape index (κ1) is 36.7. The van der Waals surface area contributed by atoms with E-state index in [-0.39, 0.29) is 22.9 Å². The van der Waals surface area contributed by atoms with Crippen molar-refractivity contribution in [2.24, 2.45) is 39.9 Å². The molecule has 1 aromatic rings. The van der Waals surface area contributed by atoms with Crippen LogP contribution in [0.1, 0.15) is 139 Å². The van der Waals surface area contributed by atoms with Gasteiger partial charge in [-0.3, -0.25) is 0 Å². The molecule has 0 aromatic heterocycles. The van der Waals surface area contributed by atoms with Gasteiger partial charge in [-0.15, -0.1) is 0 Å². The van der Waals surface area contributed by atoms with E-state index in [9.17, 15) is 9.59 Å². The third-order valence-electron chi connectivity index (χ3n) is 13.3. The van der Waals surface area contributed by atoms with Crippen molar-refractivity contribution in [3.05, 3.63) is 58.7 Å². The molecular formula is C43H65NO4. The zero-order valence-electron chi connectivity index (χ0n) is 31.8. The van der Waals surface area contributed by atoms with Gasteiger partial charge in [-0.2, -0.15) is 0 Å². The zero-order valence-corrected chi connectivity index (χ0v) is 31.8. The summed E-state index contributed by atoms with van der Waals surface area (Å²) >= 11 is 0. The maximum Gasteiger partial charge on any atom is 0.408 e. The van der Waals surface area contributed by atoms with Crippen molar-refractivity contribution in [1.29, 1.82) is 0 Å². The third-order valence-corrected chi connectivity index (χ3v) is 13.3. The second-order valence-corrected chi connectivity index (χ2v) is 18.3. The van der Waals surface area contributed by atoms with Crippen LogP contribution in [-0.4, -0.2) is 29.8 Å². The average Bonchev–Trinajstić information content (AvgIpc) is 3.35. The summed E-state index contributed by atoms with van der Waals surface area (Å²) < 4.78 is 12.0. The highest BCUT2D eigenvalue weighted by molar-refractivity contribution is 5.82. The summed E-state index contributed by atoms with van der Waals surface area (Å²) in [5.41, 5.74) is 5.72. The van der Waals surface area contributed by atoms with Crippen molar-refractivity contribution in [2.45, 2.75) is 158 Å². The number of amides is 1. The number of benzene rings is 1. The zero-order chi connectivity index (χ0) is 35.1. The van der Waals surface area contributed by atoms with Crippen molar-refractivity contribution in [1.82, 2.24) is 5.32 Å². The molecule has 0 radical (unpaired) electrons. The number of fused-ring (bicyclic) bond motifs is 4. The number of allylic oxidation sites excluding steroid dienone is 4. The van der Waals surface area contributed by atoms with Crippen molar-refractivity contribution in [3.8, 4) is 0 Å². The Bertz CT molecular complexity index is 1380. The van der Waals surface area contributed by atoms with Crippen molar-refractivity contribution in [3.63, 3.8) is 0 Å². The molecule has 2 unspecified atom stereocenters. The van der Waals surface area contributed by atoms with Gasteiger partial charge in [0.05, 0.1) is 0 Å². The van der Waals surface area contributed by atoms with Gasteiger partial charge in [-0.05, 0) is 139 Å². The molecule has 0 aliphatic heterocycles. The van der Waals surface area contributed by atoms with Gasteiger partial charge in [0.1, 0.15) is 17.7 Å². The smallest absolute Gasteiger partial charge is 0.408 e. The molecule has 0 saturated heterocycles. The number of esters is 1. The van der Waals surface area contributed by atoms with E-state index >= 15 is 0 Å². The van der Waals surface area contributed by atoms with Gasteiger partial charge < -0.3 is 14.8 Å². The van der Waals surface area contributed by atoms with Gasteiger partial charge in [0, 0.05) is 11.8 Å². The van der Waals surface area contributed by atoms with E-state index in [1.165, 1.54) is 50.5 Å². The van der Waals surface area contributed by atoms with E-state index < -0.39 is 17.7 Å². The highest BCUT2D eigenvalue weighted by Crippen LogP contribution is 2.68. The Labute approximate surface area is 292 Å². The summed E-state index contributed by atoms with van der Waals surface area (Å²) in [7, 11) is 0. The minimum atomic E-state index is -0.817. The molecule has 2 saturated carbocycles. The number of alkyl carbamates (subject to hydrolysis) is 1. The highest BCUT2D eigenvalue weighted by atomic mass is 16.6. The van der Waals surface area contributed by atoms with Crippen LogP contribution in [-0.2, 0) is 20.7 Å². The fourth-order valence-corrected chi connectivity index (χ4v) is 11.0. The van der Waals surface area contributed by atoms with Gasteiger partial charge in [0.15, 0.2) is 0 Å². The fourth-order valence-electron chi connectivity index (χ4n) is 11.0. The number of carbonyl (C=O) groups is 2. The number of rotatable bonds is 9. The molecule has 4 aliphatic rings. The maximum absolute atomic E-state index is 13.9. The molecule has 1 N–H and O–H groups in total. The Morgan fingerprint density at radius 1 is 0.979 bits per heavy atom. The molecule has 5 heteroatoms. The first-order chi connectivity index (χ1) is 22.5. The Kier molecular flexibility index (Phi) is 10.7. The second-order valence-electron chi connectivity index (χ2n) is 18.3. The quantitative estimate of drug-likeness (QED) is 0.212. The van der Waals surface area contributed by atoms with E-state index in [0.29, 0.717) is 17.8 Å². The lowest BCUT2D eigenvalue weighted by Crippen LogP contribution is -2.56. The molecule has 1 aromatic carbocycles. The van der Waals surface area contributed by atoms with Crippen LogP contribution in [0.4, 0.5) is 4.79 Å². The van der Waals surface area contributed by atoms with Crippen LogP contribution < -0.4 is 5.32 Å². The van der Waals surface area contributed by atoms with Crippen molar-refractivity contribution in [2.75, 3.05) is 0 Å². The van der Waals surface area contributed by atoms with Gasteiger partial charge in [-0.25, -0.2) is 9.59 Å². The van der Waals surface area contributed by atoms with Gasteiger partial charge in [0.2, 0.25) is 0 Å². The third kappa shape index (κ3) is 7.46. The SMILES string of the molecule is CC(C)=CCC[C@@H](C)[C@H]1CCC2C3=C(CC[C@@]21C)[C@@]1(C)CC[C@H](OC(=O)[C@H](Cc2ccccc2)NC(=O)OC(C)(C)C)C(C)(C)C1CC3. The lowest BCUT2D eigenvalue weighted by molar-refractivity contribution is -0.171. The molecular weight excluding hydrogens is 594 g/mol. The van der Waals surface area contributed by atoms with E-state index in [2.05, 4.69) is 59.9 Å². The standard InChI is InChI=1S/C43H65NO4/c1-28(2)15-14-16-29(3)32-20-21-33-31-19-22-36-41(7,8)37(24-26-43(36,10)34(31)23-25-42(32,33)9)47-38(45)35(27-30-17-12-11-13-18-30)44-39(46)48-40(4,5)6/h11-13,15,17-18,29,32-33,35-37H,14,16,19-27H2,1-10H3,(H,44,46)/t29-,32-,33?,35+,36?,37+,42-,43-/m1/s1. The molecule has 5 nitrogen and oxygen atoms in total. The molecule has 1 amide bonds. The Morgan fingerprint density at radius 2 is 1.69 bits per heavy atom. The Balaban J connectivity index is 1.31. The maximum atomic E-state index is 13.9. The minimum absolute atomic E-state index is 0.146. The van der Waals surface area contributed by atoms with Gasteiger partial charge in [-0.1, -0.05) is 87.7 Å². The first-order valence-electron chi connectivity index (χ1n) is 19.1. The molecule has 48 heavy (non-hydrogen) atoms. The molecule has 5 rings (SSSR count). The first-order valence-corrected chi connectivity index (χ1v) is 19.1. The van der Waals surface area contributed by atoms with Crippen LogP contribution >= 0.6 is 0 Å². The lowest BCUT2D eigenvalue weighted by Gasteiger charge is -2.60. The average molecular weight is 660 g/mol. The van der Waals surface area contributed by atoms with Crippen LogP contribution in [0.15, 0.2) is 53.1 Å². The molecule has 4 aliphatic carbocycles. The monoisotopic (exact) mass is 659 g/mol. The summed E-state index contributed by atoms with van der Waals surface area (Å²) in [5, 5.41) is 2.85. The van der Waals surface area contributed by atoms with E-state index in [0.717, 1.165) is 42.6 Å². The van der Waals surface area contributed by atoms with E-state index in [1.807, 2.05) is 56.7 Å². The summed E-state index contributed by atoms with van der Waals surface area (Å²) in [6.07, 6.45) is 14.0. The van der Waals surface area contributed by atoms with Crippen LogP contribution in [0.2, 0.25) is 0 Å². The van der Waals surface area contributed by atoms with Crippen molar-refractivity contribution >= 4 is 12.1 Å². The predicted octanol–water partition coefficient (Wildman–Crippen LogP) is 10.8. The summed E-state index contributed by atoms with van der Waals surface area (Å²) in [4.78, 5) is 26.7. The van der Waals surface area contributed by atoms with Gasteiger partial charge in [0.25, 0.3) is 0 Å². The minimum Gasteiger partial charge on any atom is -0.460 e. The summed E-state index contributed by atoms with van der Waals surface area (Å²) in [6, 6.07) is 9.00. The normalized spacial score (nSPS) is 32.2. The Morgan fingerprint density at radius 3 is 2.35 bits per heavy atom. The molecule has 0 spiro atoms. The lowest BCUT2D eigenvalue weighted by atomic mass is 9.45. The Hall–Kier alpha value is -2.56. The van der Waals surface area contributed by atoms with E-state index in [1.54, 1.807) is 5.57 Å². The number of nitrogens with one attached hydrogen (secondary N) is 1. The van der Waals surface area contributed by atoms with Crippen LogP contribution in [0.5, 0.6) is 0 Å². The second kappa shape index (κ2) is 14.0. The topological polar surface area (TPSA) is 64.6 Å². The summed E-state index contributed by atoms with van der Waals surface area (Å²) in [6.45, 7) is 22.3. The molecule has 0 heterocycles. The van der Waals surface area contributed by atoms with Crippen molar-refractivity contribution < 1.29 is 19.1 Å². The fraction of sp³-hybridized carbons (Fsp3) is 0.721. The number of hydrogen-bond acceptors (Lipinski definition) is 4. The number of hydrogen-bond donors (Lipinski definition) is 1. The van der Waals surface area contributed by atoms with Gasteiger partial charge >= 0.3 is 12.1 Å². The molecule has 2 fully saturated rings. The van der Waals surface area contributed by atoms with Crippen LogP contribution in [0.25, 0.3) is 0 Å². The predicted molar refractivity (Wildman–Crippen MR) is 195 cm³/mol. The summed E-state index contributed by atoms with van der Waals surface area (Å²) in [5.74, 6) is 2.39. The van der Waals surface area contributed by atoms with Crippen LogP contribution in [0.3, 0.4) is 0 Å². The largest absolute Gasteiger partial charge is 0.460 e. The molecule has 266 valence electrons. The highest BCUT2D eigenvalue weighted by Gasteiger charge is 2.60. The number of carbonyl (C=O) groups excluding carboxylic acids is 2. The van der Waals surface area contributed by atoms with Crippen LogP contribution in [0, 0.1) is 39.9 Å².